The Bertz CT molecular complexity index is 505. The van der Waals surface area contributed by atoms with Crippen LogP contribution in [0.25, 0.3) is 0 Å². The zero-order valence-corrected chi connectivity index (χ0v) is 13.3. The lowest BCUT2D eigenvalue weighted by atomic mass is 10.1. The van der Waals surface area contributed by atoms with E-state index < -0.39 is 11.7 Å². The van der Waals surface area contributed by atoms with Gasteiger partial charge in [-0.05, 0) is 48.0 Å². The molecule has 3 nitrogen and oxygen atoms in total. The molecule has 1 unspecified atom stereocenters. The van der Waals surface area contributed by atoms with Gasteiger partial charge in [-0.25, -0.2) is 0 Å². The molecule has 1 fully saturated rings. The van der Waals surface area contributed by atoms with Gasteiger partial charge in [-0.15, -0.1) is 0 Å². The molecule has 0 aromatic heterocycles. The maximum absolute atomic E-state index is 12.6. The minimum absolute atomic E-state index is 0.136. The van der Waals surface area contributed by atoms with E-state index in [9.17, 15) is 13.2 Å². The van der Waals surface area contributed by atoms with Crippen molar-refractivity contribution in [3.05, 3.63) is 28.2 Å². The van der Waals surface area contributed by atoms with Crippen molar-refractivity contribution < 1.29 is 22.6 Å². The first kappa shape index (κ1) is 16.6. The molecule has 1 saturated heterocycles. The Kier molecular flexibility index (Phi) is 4.85. The fraction of sp³-hybridized carbons (Fsp3) is 0.571. The van der Waals surface area contributed by atoms with E-state index in [1.165, 1.54) is 6.07 Å². The standard InChI is InChI=1S/C14H17BrF3NO2/c1-13(2)8-19-6-10(21-13)7-20-12-4-3-9(5-11(12)15)14(16,17)18/h3-5,10,19H,6-8H2,1-2H3. The summed E-state index contributed by atoms with van der Waals surface area (Å²) in [6.45, 7) is 5.63. The summed E-state index contributed by atoms with van der Waals surface area (Å²) in [6, 6.07) is 3.33. The van der Waals surface area contributed by atoms with Crippen LogP contribution in [0.2, 0.25) is 0 Å². The Morgan fingerprint density at radius 1 is 1.43 bits per heavy atom. The van der Waals surface area contributed by atoms with Crippen molar-refractivity contribution in [3.8, 4) is 5.75 Å². The van der Waals surface area contributed by atoms with Gasteiger partial charge in [-0.1, -0.05) is 0 Å². The van der Waals surface area contributed by atoms with Gasteiger partial charge in [-0.3, -0.25) is 0 Å². The second-order valence-electron chi connectivity index (χ2n) is 5.58. The molecule has 1 aromatic rings. The molecule has 2 rings (SSSR count). The van der Waals surface area contributed by atoms with E-state index in [0.717, 1.165) is 18.7 Å². The van der Waals surface area contributed by atoms with E-state index >= 15 is 0 Å². The highest BCUT2D eigenvalue weighted by Crippen LogP contribution is 2.35. The summed E-state index contributed by atoms with van der Waals surface area (Å²) in [5.74, 6) is 0.370. The number of rotatable bonds is 3. The van der Waals surface area contributed by atoms with E-state index in [0.29, 0.717) is 12.3 Å². The first-order valence-corrected chi connectivity index (χ1v) is 7.35. The maximum Gasteiger partial charge on any atom is 0.416 e. The number of nitrogens with one attached hydrogen (secondary N) is 1. The summed E-state index contributed by atoms with van der Waals surface area (Å²) in [6.07, 6.45) is -4.50. The highest BCUT2D eigenvalue weighted by Gasteiger charge is 2.31. The molecule has 0 amide bonds. The number of benzene rings is 1. The van der Waals surface area contributed by atoms with Gasteiger partial charge >= 0.3 is 6.18 Å². The average Bonchev–Trinajstić information content (AvgIpc) is 2.35. The molecule has 1 heterocycles. The van der Waals surface area contributed by atoms with Crippen molar-refractivity contribution in [1.82, 2.24) is 5.32 Å². The summed E-state index contributed by atoms with van der Waals surface area (Å²) >= 11 is 3.11. The summed E-state index contributed by atoms with van der Waals surface area (Å²) in [5.41, 5.74) is -0.984. The van der Waals surface area contributed by atoms with Crippen LogP contribution in [0.15, 0.2) is 22.7 Å². The van der Waals surface area contributed by atoms with Crippen LogP contribution in [0.4, 0.5) is 13.2 Å². The highest BCUT2D eigenvalue weighted by molar-refractivity contribution is 9.10. The van der Waals surface area contributed by atoms with Gasteiger partial charge in [0.2, 0.25) is 0 Å². The van der Waals surface area contributed by atoms with Gasteiger partial charge in [0.25, 0.3) is 0 Å². The maximum atomic E-state index is 12.6. The molecule has 118 valence electrons. The molecule has 0 aliphatic carbocycles. The van der Waals surface area contributed by atoms with Crippen LogP contribution in [0.5, 0.6) is 5.75 Å². The lowest BCUT2D eigenvalue weighted by Crippen LogP contribution is -2.52. The van der Waals surface area contributed by atoms with Gasteiger partial charge in [0.1, 0.15) is 18.5 Å². The quantitative estimate of drug-likeness (QED) is 0.884. The summed E-state index contributed by atoms with van der Waals surface area (Å²) < 4.78 is 49.4. The van der Waals surface area contributed by atoms with Crippen LogP contribution in [0.1, 0.15) is 19.4 Å². The van der Waals surface area contributed by atoms with Crippen molar-refractivity contribution in [2.45, 2.75) is 31.7 Å². The Hall–Kier alpha value is -0.790. The molecule has 21 heavy (non-hydrogen) atoms. The van der Waals surface area contributed by atoms with Crippen molar-refractivity contribution in [1.29, 1.82) is 0 Å². The number of halogens is 4. The van der Waals surface area contributed by atoms with Crippen LogP contribution in [0, 0.1) is 0 Å². The molecule has 1 N–H and O–H groups in total. The van der Waals surface area contributed by atoms with Crippen molar-refractivity contribution >= 4 is 15.9 Å². The molecule has 0 radical (unpaired) electrons. The molecule has 1 aliphatic rings. The molecule has 1 atom stereocenters. The molecule has 0 saturated carbocycles. The summed E-state index contributed by atoms with van der Waals surface area (Å²) in [5, 5.41) is 3.24. The lowest BCUT2D eigenvalue weighted by molar-refractivity contribution is -0.137. The van der Waals surface area contributed by atoms with Gasteiger partial charge < -0.3 is 14.8 Å². The molecule has 7 heteroatoms. The normalized spacial score (nSPS) is 22.1. The summed E-state index contributed by atoms with van der Waals surface area (Å²) in [7, 11) is 0. The van der Waals surface area contributed by atoms with Crippen LogP contribution >= 0.6 is 15.9 Å². The van der Waals surface area contributed by atoms with E-state index in [1.807, 2.05) is 13.8 Å². The Balaban J connectivity index is 1.98. The van der Waals surface area contributed by atoms with Crippen LogP contribution in [-0.4, -0.2) is 31.4 Å². The topological polar surface area (TPSA) is 30.5 Å². The van der Waals surface area contributed by atoms with Gasteiger partial charge in [0.05, 0.1) is 15.6 Å². The average molecular weight is 368 g/mol. The number of hydrogen-bond acceptors (Lipinski definition) is 3. The monoisotopic (exact) mass is 367 g/mol. The predicted molar refractivity (Wildman–Crippen MR) is 76.5 cm³/mol. The molecule has 1 aliphatic heterocycles. The largest absolute Gasteiger partial charge is 0.490 e. The first-order valence-electron chi connectivity index (χ1n) is 6.55. The third-order valence-corrected chi connectivity index (χ3v) is 3.71. The van der Waals surface area contributed by atoms with Crippen molar-refractivity contribution in [3.63, 3.8) is 0 Å². The van der Waals surface area contributed by atoms with E-state index in [4.69, 9.17) is 9.47 Å². The first-order chi connectivity index (χ1) is 9.67. The van der Waals surface area contributed by atoms with E-state index in [2.05, 4.69) is 21.2 Å². The zero-order valence-electron chi connectivity index (χ0n) is 11.8. The van der Waals surface area contributed by atoms with Crippen LogP contribution in [-0.2, 0) is 10.9 Å². The highest BCUT2D eigenvalue weighted by atomic mass is 79.9. The predicted octanol–water partition coefficient (Wildman–Crippen LogP) is 3.61. The molecule has 0 spiro atoms. The van der Waals surface area contributed by atoms with Crippen LogP contribution < -0.4 is 10.1 Å². The SMILES string of the molecule is CC1(C)CNCC(COc2ccc(C(F)(F)F)cc2Br)O1. The third-order valence-electron chi connectivity index (χ3n) is 3.09. The zero-order chi connectivity index (χ0) is 15.7. The fourth-order valence-corrected chi connectivity index (χ4v) is 2.63. The number of morpholine rings is 1. The number of ether oxygens (including phenoxy) is 2. The lowest BCUT2D eigenvalue weighted by Gasteiger charge is -2.36. The molecule has 0 bridgehead atoms. The van der Waals surface area contributed by atoms with Gasteiger partial charge in [0.15, 0.2) is 0 Å². The minimum atomic E-state index is -4.36. The molecular formula is C14H17BrF3NO2. The molecule has 1 aromatic carbocycles. The molecular weight excluding hydrogens is 351 g/mol. The minimum Gasteiger partial charge on any atom is -0.490 e. The Morgan fingerprint density at radius 2 is 2.14 bits per heavy atom. The number of hydrogen-bond donors (Lipinski definition) is 1. The Labute approximate surface area is 129 Å². The number of alkyl halides is 3. The van der Waals surface area contributed by atoms with Gasteiger partial charge in [-0.2, -0.15) is 13.2 Å². The Morgan fingerprint density at radius 3 is 2.71 bits per heavy atom. The van der Waals surface area contributed by atoms with E-state index in [1.54, 1.807) is 0 Å². The van der Waals surface area contributed by atoms with Gasteiger partial charge in [0, 0.05) is 13.1 Å². The fourth-order valence-electron chi connectivity index (χ4n) is 2.14. The second-order valence-corrected chi connectivity index (χ2v) is 6.44. The van der Waals surface area contributed by atoms with Crippen molar-refractivity contribution in [2.24, 2.45) is 0 Å². The summed E-state index contributed by atoms with van der Waals surface area (Å²) in [4.78, 5) is 0. The van der Waals surface area contributed by atoms with Crippen LogP contribution in [0.3, 0.4) is 0 Å². The van der Waals surface area contributed by atoms with E-state index in [-0.39, 0.29) is 22.8 Å². The third kappa shape index (κ3) is 4.59. The smallest absolute Gasteiger partial charge is 0.416 e. The second kappa shape index (κ2) is 6.14. The van der Waals surface area contributed by atoms with Crippen molar-refractivity contribution in [2.75, 3.05) is 19.7 Å².